The van der Waals surface area contributed by atoms with Gasteiger partial charge in [0.2, 0.25) is 0 Å². The average molecular weight is 341 g/mol. The van der Waals surface area contributed by atoms with Gasteiger partial charge in [-0.05, 0) is 36.5 Å². The predicted molar refractivity (Wildman–Crippen MR) is 96.6 cm³/mol. The first kappa shape index (κ1) is 16.8. The molecule has 0 radical (unpaired) electrons. The number of pyridine rings is 1. The molecule has 0 atom stereocenters. The molecule has 0 aliphatic heterocycles. The number of nitrogens with zero attached hydrogens (tertiary/aromatic N) is 2. The molecule has 3 aromatic rings. The normalized spacial score (nSPS) is 11.2. The fourth-order valence-corrected chi connectivity index (χ4v) is 3.77. The largest absolute Gasteiger partial charge is 0.234 e. The molecule has 0 bridgehead atoms. The van der Waals surface area contributed by atoms with E-state index in [4.69, 9.17) is 0 Å². The van der Waals surface area contributed by atoms with E-state index >= 15 is 0 Å². The van der Waals surface area contributed by atoms with E-state index in [9.17, 15) is 4.39 Å². The summed E-state index contributed by atoms with van der Waals surface area (Å²) in [5.74, 6) is 0.409. The quantitative estimate of drug-likeness (QED) is 0.564. The Morgan fingerprint density at radius 1 is 1.08 bits per heavy atom. The maximum Gasteiger partial charge on any atom is 0.191 e. The lowest BCUT2D eigenvalue weighted by molar-refractivity contribution is -0.688. The van der Waals surface area contributed by atoms with Crippen LogP contribution in [0.1, 0.15) is 43.9 Å². The van der Waals surface area contributed by atoms with Crippen LogP contribution in [0.15, 0.2) is 54.2 Å². The van der Waals surface area contributed by atoms with Crippen LogP contribution in [-0.4, -0.2) is 4.98 Å². The lowest BCUT2D eigenvalue weighted by atomic mass is 9.95. The molecule has 124 valence electrons. The predicted octanol–water partition coefficient (Wildman–Crippen LogP) is 5.19. The van der Waals surface area contributed by atoms with Gasteiger partial charge in [0.1, 0.15) is 16.5 Å². The summed E-state index contributed by atoms with van der Waals surface area (Å²) in [7, 11) is 0. The van der Waals surface area contributed by atoms with Crippen molar-refractivity contribution in [1.82, 2.24) is 4.98 Å². The maximum absolute atomic E-state index is 13.9. The molecule has 4 heteroatoms. The van der Waals surface area contributed by atoms with E-state index in [0.717, 1.165) is 10.7 Å². The fourth-order valence-electron chi connectivity index (χ4n) is 2.93. The zero-order valence-electron chi connectivity index (χ0n) is 14.1. The van der Waals surface area contributed by atoms with Crippen molar-refractivity contribution >= 4 is 11.3 Å². The van der Waals surface area contributed by atoms with Gasteiger partial charge in [-0.3, -0.25) is 0 Å². The van der Waals surface area contributed by atoms with Crippen molar-refractivity contribution in [1.29, 1.82) is 0 Å². The third kappa shape index (κ3) is 3.70. The Morgan fingerprint density at radius 3 is 2.46 bits per heavy atom. The van der Waals surface area contributed by atoms with Gasteiger partial charge >= 0.3 is 0 Å². The molecule has 1 aromatic carbocycles. The van der Waals surface area contributed by atoms with Gasteiger partial charge in [-0.25, -0.2) is 9.37 Å². The Hall–Kier alpha value is -2.07. The molecule has 2 heterocycles. The van der Waals surface area contributed by atoms with Gasteiger partial charge in [-0.1, -0.05) is 26.0 Å². The average Bonchev–Trinajstić information content (AvgIpc) is 3.06. The van der Waals surface area contributed by atoms with Gasteiger partial charge in [-0.2, -0.15) is 4.57 Å². The van der Waals surface area contributed by atoms with Crippen LogP contribution in [0.4, 0.5) is 4.39 Å². The summed E-state index contributed by atoms with van der Waals surface area (Å²) >= 11 is 1.49. The lowest BCUT2D eigenvalue weighted by Gasteiger charge is -2.11. The molecule has 0 amide bonds. The summed E-state index contributed by atoms with van der Waals surface area (Å²) in [6, 6.07) is 11.2. The molecule has 2 nitrogen and oxygen atoms in total. The molecule has 0 saturated carbocycles. The third-order valence-electron chi connectivity index (χ3n) is 4.37. The van der Waals surface area contributed by atoms with E-state index < -0.39 is 0 Å². The molecule has 2 aromatic heterocycles. The number of rotatable bonds is 6. The summed E-state index contributed by atoms with van der Waals surface area (Å²) in [6.45, 7) is 5.16. The van der Waals surface area contributed by atoms with Crippen LogP contribution < -0.4 is 4.57 Å². The SMILES string of the molecule is CCC(CC)c1cc[n+](Cc2csc(-c3ccccc3F)n2)cc1. The summed E-state index contributed by atoms with van der Waals surface area (Å²) in [5, 5.41) is 2.74. The Kier molecular flexibility index (Phi) is 5.36. The third-order valence-corrected chi connectivity index (χ3v) is 5.30. The topological polar surface area (TPSA) is 16.8 Å². The van der Waals surface area contributed by atoms with Gasteiger partial charge in [-0.15, -0.1) is 11.3 Å². The number of benzene rings is 1. The molecular formula is C20H22FN2S+. The Morgan fingerprint density at radius 2 is 1.79 bits per heavy atom. The number of hydrogen-bond donors (Lipinski definition) is 0. The van der Waals surface area contributed by atoms with Gasteiger partial charge in [0, 0.05) is 23.1 Å². The molecule has 0 unspecified atom stereocenters. The van der Waals surface area contributed by atoms with Crippen LogP contribution in [0.5, 0.6) is 0 Å². The van der Waals surface area contributed by atoms with Crippen molar-refractivity contribution in [2.45, 2.75) is 39.2 Å². The standard InChI is InChI=1S/C20H22FN2S/c1-3-15(4-2)16-9-11-23(12-10-16)13-17-14-24-20(22-17)18-7-5-6-8-19(18)21/h5-12,14-15H,3-4,13H2,1-2H3/q+1. The summed E-state index contributed by atoms with van der Waals surface area (Å²) in [6.07, 6.45) is 6.54. The van der Waals surface area contributed by atoms with Gasteiger partial charge in [0.15, 0.2) is 18.9 Å². The van der Waals surface area contributed by atoms with Crippen molar-refractivity contribution in [3.8, 4) is 10.6 Å². The highest BCUT2D eigenvalue weighted by Crippen LogP contribution is 2.26. The highest BCUT2D eigenvalue weighted by molar-refractivity contribution is 7.13. The number of aromatic nitrogens is 2. The first-order chi connectivity index (χ1) is 11.7. The zero-order chi connectivity index (χ0) is 16.9. The van der Waals surface area contributed by atoms with Crippen LogP contribution in [0.2, 0.25) is 0 Å². The van der Waals surface area contributed by atoms with E-state index in [0.29, 0.717) is 18.0 Å². The maximum atomic E-state index is 13.9. The van der Waals surface area contributed by atoms with E-state index in [1.54, 1.807) is 12.1 Å². The summed E-state index contributed by atoms with van der Waals surface area (Å²) in [5.41, 5.74) is 2.92. The second-order valence-corrected chi connectivity index (χ2v) is 6.80. The fraction of sp³-hybridized carbons (Fsp3) is 0.300. The first-order valence-corrected chi connectivity index (χ1v) is 9.27. The van der Waals surface area contributed by atoms with Crippen LogP contribution in [0, 0.1) is 5.82 Å². The Balaban J connectivity index is 1.74. The summed E-state index contributed by atoms with van der Waals surface area (Å²) < 4.78 is 16.0. The molecule has 24 heavy (non-hydrogen) atoms. The molecule has 0 fully saturated rings. The minimum absolute atomic E-state index is 0.222. The van der Waals surface area contributed by atoms with E-state index in [-0.39, 0.29) is 5.82 Å². The van der Waals surface area contributed by atoms with E-state index in [2.05, 4.69) is 47.9 Å². The minimum atomic E-state index is -0.222. The molecule has 0 aliphatic carbocycles. The Labute approximate surface area is 146 Å². The number of halogens is 1. The van der Waals surface area contributed by atoms with E-state index in [1.165, 1.54) is 35.8 Å². The van der Waals surface area contributed by atoms with Crippen LogP contribution >= 0.6 is 11.3 Å². The second-order valence-electron chi connectivity index (χ2n) is 5.94. The molecule has 3 rings (SSSR count). The van der Waals surface area contributed by atoms with Crippen LogP contribution in [-0.2, 0) is 6.54 Å². The van der Waals surface area contributed by atoms with Crippen LogP contribution in [0.25, 0.3) is 10.6 Å². The van der Waals surface area contributed by atoms with Crippen molar-refractivity contribution < 1.29 is 8.96 Å². The summed E-state index contributed by atoms with van der Waals surface area (Å²) in [4.78, 5) is 4.58. The second kappa shape index (κ2) is 7.67. The minimum Gasteiger partial charge on any atom is -0.234 e. The molecule has 0 N–H and O–H groups in total. The molecule has 0 spiro atoms. The van der Waals surface area contributed by atoms with Crippen molar-refractivity contribution in [3.05, 3.63) is 71.2 Å². The molecular weight excluding hydrogens is 319 g/mol. The van der Waals surface area contributed by atoms with Gasteiger partial charge in [0.25, 0.3) is 0 Å². The monoisotopic (exact) mass is 341 g/mol. The molecule has 0 aliphatic rings. The highest BCUT2D eigenvalue weighted by Gasteiger charge is 2.13. The first-order valence-electron chi connectivity index (χ1n) is 8.39. The number of thiazole rings is 1. The van der Waals surface area contributed by atoms with Crippen molar-refractivity contribution in [3.63, 3.8) is 0 Å². The Bertz CT molecular complexity index is 791. The smallest absolute Gasteiger partial charge is 0.191 e. The van der Waals surface area contributed by atoms with Gasteiger partial charge < -0.3 is 0 Å². The highest BCUT2D eigenvalue weighted by atomic mass is 32.1. The van der Waals surface area contributed by atoms with E-state index in [1.807, 2.05) is 11.4 Å². The van der Waals surface area contributed by atoms with Crippen molar-refractivity contribution in [2.24, 2.45) is 0 Å². The number of hydrogen-bond acceptors (Lipinski definition) is 2. The van der Waals surface area contributed by atoms with Crippen molar-refractivity contribution in [2.75, 3.05) is 0 Å². The molecule has 0 saturated heterocycles. The van der Waals surface area contributed by atoms with Gasteiger partial charge in [0.05, 0.1) is 0 Å². The lowest BCUT2D eigenvalue weighted by Crippen LogP contribution is -2.33. The zero-order valence-corrected chi connectivity index (χ0v) is 14.9. The van der Waals surface area contributed by atoms with Crippen LogP contribution in [0.3, 0.4) is 0 Å².